The number of ether oxygens (including phenoxy) is 2. The van der Waals surface area contributed by atoms with Crippen molar-refractivity contribution in [3.63, 3.8) is 0 Å². The Morgan fingerprint density at radius 2 is 1.64 bits per heavy atom. The van der Waals surface area contributed by atoms with Gasteiger partial charge in [0.05, 0.1) is 30.4 Å². The molecule has 3 fully saturated rings. The Labute approximate surface area is 191 Å². The molecule has 33 heavy (non-hydrogen) atoms. The van der Waals surface area contributed by atoms with Gasteiger partial charge in [-0.05, 0) is 61.8 Å². The van der Waals surface area contributed by atoms with Crippen molar-refractivity contribution >= 4 is 35.3 Å². The van der Waals surface area contributed by atoms with Crippen molar-refractivity contribution in [1.82, 2.24) is 4.90 Å². The second-order valence-corrected chi connectivity index (χ2v) is 8.89. The summed E-state index contributed by atoms with van der Waals surface area (Å²) in [6.07, 6.45) is 3.55. The molecule has 3 aliphatic rings. The Hall–Kier alpha value is -3.23. The summed E-state index contributed by atoms with van der Waals surface area (Å²) >= 11 is 0. The summed E-state index contributed by atoms with van der Waals surface area (Å²) in [5, 5.41) is 2.57. The highest BCUT2D eigenvalue weighted by Gasteiger charge is 2.60. The van der Waals surface area contributed by atoms with E-state index in [2.05, 4.69) is 5.32 Å². The van der Waals surface area contributed by atoms with Crippen LogP contribution in [0.25, 0.3) is 0 Å². The zero-order valence-corrected chi connectivity index (χ0v) is 18.6. The van der Waals surface area contributed by atoms with Crippen molar-refractivity contribution in [3.8, 4) is 0 Å². The first-order chi connectivity index (χ1) is 15.9. The highest BCUT2D eigenvalue weighted by Crippen LogP contribution is 2.56. The van der Waals surface area contributed by atoms with E-state index in [9.17, 15) is 24.0 Å². The summed E-state index contributed by atoms with van der Waals surface area (Å²) < 4.78 is 10.0. The van der Waals surface area contributed by atoms with Gasteiger partial charge < -0.3 is 14.8 Å². The second-order valence-electron chi connectivity index (χ2n) is 8.89. The van der Waals surface area contributed by atoms with Gasteiger partial charge in [0.1, 0.15) is 0 Å². The van der Waals surface area contributed by atoms with Crippen molar-refractivity contribution in [2.24, 2.45) is 23.7 Å². The zero-order valence-electron chi connectivity index (χ0n) is 18.6. The van der Waals surface area contributed by atoms with Gasteiger partial charge in [-0.2, -0.15) is 0 Å². The third-order valence-electron chi connectivity index (χ3n) is 6.76. The maximum Gasteiger partial charge on any atom is 0.338 e. The Balaban J connectivity index is 1.19. The van der Waals surface area contributed by atoms with Crippen LogP contribution >= 0.6 is 0 Å². The Bertz CT molecular complexity index is 930. The van der Waals surface area contributed by atoms with Gasteiger partial charge in [0.2, 0.25) is 11.8 Å². The standard InChI is InChI=1S/C24H28N2O7/c1-2-11-32-24(31)14-5-7-17(8-6-14)25-18(27)13-33-19(28)9-10-26-22(29)20-15-3-4-16(12-15)21(20)23(26)30/h5-8,15-16,20-21H,2-4,9-13H2,1H3,(H,25,27)/t15-,16-,20+,21+/m0/s1. The normalized spacial score (nSPS) is 25.2. The molecule has 2 saturated carbocycles. The molecule has 0 radical (unpaired) electrons. The molecule has 0 aromatic heterocycles. The fourth-order valence-corrected chi connectivity index (χ4v) is 5.28. The van der Waals surface area contributed by atoms with E-state index in [4.69, 9.17) is 9.47 Å². The molecule has 4 atom stereocenters. The second kappa shape index (κ2) is 9.72. The van der Waals surface area contributed by atoms with Crippen molar-refractivity contribution < 1.29 is 33.4 Å². The largest absolute Gasteiger partial charge is 0.462 e. The van der Waals surface area contributed by atoms with Crippen LogP contribution in [0.3, 0.4) is 0 Å². The first-order valence-corrected chi connectivity index (χ1v) is 11.5. The van der Waals surface area contributed by atoms with Crippen LogP contribution in [-0.2, 0) is 28.7 Å². The van der Waals surface area contributed by atoms with E-state index >= 15 is 0 Å². The van der Waals surface area contributed by atoms with E-state index in [0.717, 1.165) is 25.7 Å². The molecule has 4 rings (SSSR count). The van der Waals surface area contributed by atoms with Crippen molar-refractivity contribution in [2.45, 2.75) is 39.0 Å². The zero-order chi connectivity index (χ0) is 23.5. The van der Waals surface area contributed by atoms with E-state index < -0.39 is 24.5 Å². The fourth-order valence-electron chi connectivity index (χ4n) is 5.28. The third kappa shape index (κ3) is 4.77. The third-order valence-corrected chi connectivity index (χ3v) is 6.76. The molecule has 1 aromatic rings. The van der Waals surface area contributed by atoms with E-state index in [0.29, 0.717) is 29.7 Å². The summed E-state index contributed by atoms with van der Waals surface area (Å²) in [6, 6.07) is 6.17. The number of nitrogens with one attached hydrogen (secondary N) is 1. The molecule has 2 aliphatic carbocycles. The Kier molecular flexibility index (Phi) is 6.76. The van der Waals surface area contributed by atoms with Gasteiger partial charge in [0, 0.05) is 12.2 Å². The van der Waals surface area contributed by atoms with Gasteiger partial charge in [-0.3, -0.25) is 24.1 Å². The number of nitrogens with zero attached hydrogens (tertiary/aromatic N) is 1. The van der Waals surface area contributed by atoms with Gasteiger partial charge in [-0.1, -0.05) is 6.92 Å². The SMILES string of the molecule is CCCOC(=O)c1ccc(NC(=O)COC(=O)CCN2C(=O)[C@@H]3[C@H]4CC[C@@H](C4)[C@H]3C2=O)cc1. The first-order valence-electron chi connectivity index (χ1n) is 11.5. The van der Waals surface area contributed by atoms with Gasteiger partial charge >= 0.3 is 11.9 Å². The minimum atomic E-state index is -0.653. The minimum Gasteiger partial charge on any atom is -0.462 e. The predicted octanol–water partition coefficient (Wildman–Crippen LogP) is 2.16. The molecule has 0 spiro atoms. The average molecular weight is 456 g/mol. The number of likely N-dealkylation sites (tertiary alicyclic amines) is 1. The average Bonchev–Trinajstić information content (AvgIpc) is 3.49. The van der Waals surface area contributed by atoms with Crippen molar-refractivity contribution in [3.05, 3.63) is 29.8 Å². The van der Waals surface area contributed by atoms with Crippen LogP contribution in [0, 0.1) is 23.7 Å². The van der Waals surface area contributed by atoms with Crippen LogP contribution < -0.4 is 5.32 Å². The van der Waals surface area contributed by atoms with E-state index in [1.807, 2.05) is 6.92 Å². The molecule has 9 heteroatoms. The smallest absolute Gasteiger partial charge is 0.338 e. The summed E-state index contributed by atoms with van der Waals surface area (Å²) in [4.78, 5) is 62.4. The van der Waals surface area contributed by atoms with Gasteiger partial charge in [0.15, 0.2) is 6.61 Å². The Morgan fingerprint density at radius 3 is 2.24 bits per heavy atom. The number of esters is 2. The van der Waals surface area contributed by atoms with Crippen molar-refractivity contribution in [1.29, 1.82) is 0 Å². The lowest BCUT2D eigenvalue weighted by Gasteiger charge is -2.19. The molecular formula is C24H28N2O7. The molecule has 1 aromatic carbocycles. The topological polar surface area (TPSA) is 119 Å². The van der Waals surface area contributed by atoms with Crippen molar-refractivity contribution in [2.75, 3.05) is 25.1 Å². The number of benzene rings is 1. The molecule has 2 bridgehead atoms. The molecule has 176 valence electrons. The minimum absolute atomic E-state index is 0.0137. The molecular weight excluding hydrogens is 428 g/mol. The molecule has 9 nitrogen and oxygen atoms in total. The molecule has 1 N–H and O–H groups in total. The molecule has 1 heterocycles. The summed E-state index contributed by atoms with van der Waals surface area (Å²) in [5.41, 5.74) is 0.813. The van der Waals surface area contributed by atoms with E-state index in [1.54, 1.807) is 12.1 Å². The lowest BCUT2D eigenvalue weighted by Crippen LogP contribution is -2.35. The number of anilines is 1. The van der Waals surface area contributed by atoms with Crippen LogP contribution in [-0.4, -0.2) is 54.3 Å². The molecule has 3 amide bonds. The van der Waals surface area contributed by atoms with Gasteiger partial charge in [-0.25, -0.2) is 4.79 Å². The Morgan fingerprint density at radius 1 is 1.00 bits per heavy atom. The fraction of sp³-hybridized carbons (Fsp3) is 0.542. The predicted molar refractivity (Wildman–Crippen MR) is 116 cm³/mol. The highest BCUT2D eigenvalue weighted by atomic mass is 16.5. The highest BCUT2D eigenvalue weighted by molar-refractivity contribution is 6.06. The molecule has 1 aliphatic heterocycles. The maximum atomic E-state index is 12.6. The number of hydrogen-bond acceptors (Lipinski definition) is 7. The number of amides is 3. The number of rotatable bonds is 9. The lowest BCUT2D eigenvalue weighted by molar-refractivity contribution is -0.149. The van der Waals surface area contributed by atoms with E-state index in [1.165, 1.54) is 17.0 Å². The van der Waals surface area contributed by atoms with E-state index in [-0.39, 0.29) is 36.6 Å². The molecule has 1 saturated heterocycles. The van der Waals surface area contributed by atoms with Crippen LogP contribution in [0.4, 0.5) is 5.69 Å². The quantitative estimate of drug-likeness (QED) is 0.447. The van der Waals surface area contributed by atoms with Crippen LogP contribution in [0.1, 0.15) is 49.4 Å². The number of hydrogen-bond donors (Lipinski definition) is 1. The number of fused-ring (bicyclic) bond motifs is 5. The van der Waals surface area contributed by atoms with Crippen LogP contribution in [0.2, 0.25) is 0 Å². The van der Waals surface area contributed by atoms with Crippen LogP contribution in [0.15, 0.2) is 24.3 Å². The summed E-state index contributed by atoms with van der Waals surface area (Å²) in [6.45, 7) is 1.74. The van der Waals surface area contributed by atoms with Gasteiger partial charge in [-0.15, -0.1) is 0 Å². The maximum absolute atomic E-state index is 12.6. The number of carbonyl (C=O) groups is 5. The lowest BCUT2D eigenvalue weighted by atomic mass is 9.81. The molecule has 0 unspecified atom stereocenters. The summed E-state index contributed by atoms with van der Waals surface area (Å²) in [5.74, 6) is -1.77. The number of carbonyl (C=O) groups excluding carboxylic acids is 5. The van der Waals surface area contributed by atoms with Gasteiger partial charge in [0.25, 0.3) is 5.91 Å². The first kappa shape index (κ1) is 22.9. The summed E-state index contributed by atoms with van der Waals surface area (Å²) in [7, 11) is 0. The van der Waals surface area contributed by atoms with Crippen LogP contribution in [0.5, 0.6) is 0 Å². The number of imide groups is 1. The monoisotopic (exact) mass is 456 g/mol.